The second-order valence-electron chi connectivity index (χ2n) is 17.1. The maximum absolute atomic E-state index is 13.8. The molecule has 18 nitrogen and oxygen atoms in total. The summed E-state index contributed by atoms with van der Waals surface area (Å²) >= 11 is 0. The summed E-state index contributed by atoms with van der Waals surface area (Å²) in [6, 6.07) is 15.2. The van der Waals surface area contributed by atoms with E-state index in [1.165, 1.54) is 77.4 Å². The highest BCUT2D eigenvalue weighted by Crippen LogP contribution is 2.39. The van der Waals surface area contributed by atoms with Gasteiger partial charge in [0.2, 0.25) is 11.5 Å². The van der Waals surface area contributed by atoms with Gasteiger partial charge in [0.1, 0.15) is 24.9 Å². The lowest BCUT2D eigenvalue weighted by atomic mass is 10.0. The summed E-state index contributed by atoms with van der Waals surface area (Å²) in [5, 5.41) is 3.38. The number of likely N-dealkylation sites (N-methyl/N-ethyl adjacent to an activating group) is 2. The van der Waals surface area contributed by atoms with Crippen LogP contribution in [0, 0.1) is 27.7 Å². The topological polar surface area (TPSA) is 200 Å². The average Bonchev–Trinajstić information content (AvgIpc) is 3.38. The molecule has 0 aliphatic carbocycles. The number of nitrogens with zero attached hydrogens (tertiary/aromatic N) is 2. The molecule has 74 heavy (non-hydrogen) atoms. The highest BCUT2D eigenvalue weighted by atomic mass is 16.6. The van der Waals surface area contributed by atoms with Gasteiger partial charge in [-0.25, -0.2) is 24.0 Å². The Bertz CT molecular complexity index is 2900. The number of hydrogen-bond acceptors (Lipinski definition) is 16. The minimum atomic E-state index is -0.891. The van der Waals surface area contributed by atoms with Crippen molar-refractivity contribution in [1.82, 2.24) is 9.80 Å². The molecule has 5 aromatic rings. The SMILES string of the molecule is COc1cc(C=CC(=O)OCCN(C)CC(Cc2c(C)c3ccc(NC(=O)N(C)CCOC(=O)C=Cc4cc(C)c(C)c(C)c4)cc3oc2=O)OC(=O)C=Cc2cc(OC)c(OC)c(OC)c2)cc(OC)c1OC. The fourth-order valence-electron chi connectivity index (χ4n) is 7.78. The van der Waals surface area contributed by atoms with Crippen LogP contribution in [-0.2, 0) is 35.0 Å². The van der Waals surface area contributed by atoms with E-state index in [4.69, 9.17) is 47.0 Å². The third kappa shape index (κ3) is 15.4. The second kappa shape index (κ2) is 27.0. The second-order valence-corrected chi connectivity index (χ2v) is 17.1. The first kappa shape index (κ1) is 56.7. The third-order valence-electron chi connectivity index (χ3n) is 12.1. The lowest BCUT2D eigenvalue weighted by molar-refractivity contribution is -0.143. The van der Waals surface area contributed by atoms with Crippen LogP contribution in [0.4, 0.5) is 10.5 Å². The summed E-state index contributed by atoms with van der Waals surface area (Å²) in [5.74, 6) is 0.589. The van der Waals surface area contributed by atoms with Gasteiger partial charge < -0.3 is 57.3 Å². The smallest absolute Gasteiger partial charge is 0.339 e. The van der Waals surface area contributed by atoms with Gasteiger partial charge in [-0.05, 0) is 128 Å². The molecule has 0 bridgehead atoms. The molecule has 1 aromatic heterocycles. The zero-order chi connectivity index (χ0) is 54.1. The van der Waals surface area contributed by atoms with Crippen LogP contribution < -0.4 is 39.4 Å². The van der Waals surface area contributed by atoms with E-state index in [2.05, 4.69) is 5.32 Å². The van der Waals surface area contributed by atoms with Gasteiger partial charge in [0.25, 0.3) is 0 Å². The number of benzene rings is 4. The molecule has 0 fully saturated rings. The van der Waals surface area contributed by atoms with Crippen molar-refractivity contribution in [2.75, 3.05) is 94.9 Å². The van der Waals surface area contributed by atoms with Crippen LogP contribution in [0.1, 0.15) is 44.5 Å². The summed E-state index contributed by atoms with van der Waals surface area (Å²) in [6.07, 6.45) is 7.74. The maximum Gasteiger partial charge on any atom is 0.339 e. The summed E-state index contributed by atoms with van der Waals surface area (Å²) in [5.41, 5.74) is 6.28. The van der Waals surface area contributed by atoms with Crippen LogP contribution in [0.5, 0.6) is 34.5 Å². The summed E-state index contributed by atoms with van der Waals surface area (Å²) in [4.78, 5) is 68.7. The Kier molecular flexibility index (Phi) is 20.7. The van der Waals surface area contributed by atoms with Crippen molar-refractivity contribution >= 4 is 58.8 Å². The molecule has 4 aromatic carbocycles. The molecule has 0 aliphatic heterocycles. The monoisotopic (exact) mass is 1020 g/mol. The molecular weight excluding hydrogens is 955 g/mol. The van der Waals surface area contributed by atoms with Gasteiger partial charge >= 0.3 is 29.6 Å². The molecule has 0 radical (unpaired) electrons. The number of anilines is 1. The Morgan fingerprint density at radius 1 is 0.608 bits per heavy atom. The molecule has 18 heteroatoms. The molecule has 2 amide bonds. The number of ether oxygens (including phenoxy) is 9. The van der Waals surface area contributed by atoms with Crippen molar-refractivity contribution in [3.8, 4) is 34.5 Å². The van der Waals surface area contributed by atoms with E-state index < -0.39 is 35.7 Å². The lowest BCUT2D eigenvalue weighted by Crippen LogP contribution is -2.37. The molecule has 394 valence electrons. The molecule has 0 aliphatic rings. The van der Waals surface area contributed by atoms with Gasteiger partial charge in [-0.1, -0.05) is 12.1 Å². The number of amides is 2. The van der Waals surface area contributed by atoms with Crippen LogP contribution in [0.15, 0.2) is 82.0 Å². The van der Waals surface area contributed by atoms with Gasteiger partial charge in [0, 0.05) is 67.5 Å². The molecule has 0 spiro atoms. The molecule has 1 atom stereocenters. The number of rotatable bonds is 24. The van der Waals surface area contributed by atoms with Gasteiger partial charge in [-0.15, -0.1) is 0 Å². The Balaban J connectivity index is 1.26. The quantitative estimate of drug-likeness (QED) is 0.0268. The Morgan fingerprint density at radius 3 is 1.57 bits per heavy atom. The fourth-order valence-corrected chi connectivity index (χ4v) is 7.78. The van der Waals surface area contributed by atoms with Crippen LogP contribution in [0.25, 0.3) is 29.2 Å². The number of methoxy groups -OCH3 is 6. The van der Waals surface area contributed by atoms with Crippen molar-refractivity contribution in [1.29, 1.82) is 0 Å². The molecule has 1 unspecified atom stereocenters. The largest absolute Gasteiger partial charge is 0.493 e. The number of nitrogens with one attached hydrogen (secondary N) is 1. The Labute approximate surface area is 431 Å². The normalized spacial score (nSPS) is 11.7. The highest BCUT2D eigenvalue weighted by Gasteiger charge is 2.23. The minimum Gasteiger partial charge on any atom is -0.493 e. The number of carbonyl (C=O) groups is 4. The van der Waals surface area contributed by atoms with E-state index in [1.807, 2.05) is 32.9 Å². The average molecular weight is 1020 g/mol. The summed E-state index contributed by atoms with van der Waals surface area (Å²) in [7, 11) is 12.3. The number of carbonyl (C=O) groups excluding carboxylic acids is 4. The highest BCUT2D eigenvalue weighted by molar-refractivity contribution is 5.93. The number of esters is 3. The zero-order valence-electron chi connectivity index (χ0n) is 44.0. The van der Waals surface area contributed by atoms with Crippen LogP contribution in [0.2, 0.25) is 0 Å². The van der Waals surface area contributed by atoms with E-state index in [0.29, 0.717) is 62.3 Å². The van der Waals surface area contributed by atoms with E-state index >= 15 is 0 Å². The third-order valence-corrected chi connectivity index (χ3v) is 12.1. The summed E-state index contributed by atoms with van der Waals surface area (Å²) < 4.78 is 55.1. The molecule has 1 heterocycles. The van der Waals surface area contributed by atoms with Gasteiger partial charge in [0.05, 0.1) is 49.2 Å². The minimum absolute atomic E-state index is 0.0119. The molecule has 5 rings (SSSR count). The van der Waals surface area contributed by atoms with Crippen LogP contribution in [-0.4, -0.2) is 129 Å². The molecule has 0 saturated heterocycles. The Hall–Kier alpha value is -8.25. The van der Waals surface area contributed by atoms with Crippen LogP contribution in [0.3, 0.4) is 0 Å². The van der Waals surface area contributed by atoms with Gasteiger partial charge in [0.15, 0.2) is 23.0 Å². The standard InChI is InChI=1S/C56H65N3O15/c1-34-25-38(26-35(2)36(34)3)13-18-51(61)72-24-22-59(6)56(64)57-41-16-17-43-37(4)44(55(63)74-45(43)31-41)32-42(73-52(62)20-15-40-29-48(67-9)54(70-12)49(30-40)68-10)33-58(5)21-23-71-50(60)19-14-39-27-46(65-7)53(69-11)47(28-39)66-8/h13-20,25-31,42H,21-24,32-33H2,1-12H3,(H,57,64). The molecule has 1 N–H and O–H groups in total. The number of hydrogen-bond donors (Lipinski definition) is 1. The first-order chi connectivity index (χ1) is 35.4. The number of fused-ring (bicyclic) bond motifs is 1. The number of aryl methyl sites for hydroxylation is 3. The van der Waals surface area contributed by atoms with Crippen molar-refractivity contribution in [3.05, 3.63) is 128 Å². The van der Waals surface area contributed by atoms with Crippen LogP contribution >= 0.6 is 0 Å². The summed E-state index contributed by atoms with van der Waals surface area (Å²) in [6.45, 7) is 8.28. The van der Waals surface area contributed by atoms with E-state index in [1.54, 1.807) is 80.5 Å². The molecular formula is C56H65N3O15. The Morgan fingerprint density at radius 2 is 1.08 bits per heavy atom. The van der Waals surface area contributed by atoms with E-state index in [-0.39, 0.29) is 50.4 Å². The molecule has 0 saturated carbocycles. The van der Waals surface area contributed by atoms with Gasteiger partial charge in [-0.2, -0.15) is 0 Å². The predicted octanol–water partition coefficient (Wildman–Crippen LogP) is 8.15. The first-order valence-corrected chi connectivity index (χ1v) is 23.4. The first-order valence-electron chi connectivity index (χ1n) is 23.4. The van der Waals surface area contributed by atoms with E-state index in [9.17, 15) is 24.0 Å². The van der Waals surface area contributed by atoms with Crippen molar-refractivity contribution < 1.29 is 66.2 Å². The number of urea groups is 1. The maximum atomic E-state index is 13.8. The zero-order valence-corrected chi connectivity index (χ0v) is 44.0. The van der Waals surface area contributed by atoms with E-state index in [0.717, 1.165) is 16.7 Å². The van der Waals surface area contributed by atoms with Crippen molar-refractivity contribution in [3.63, 3.8) is 0 Å². The van der Waals surface area contributed by atoms with Crippen molar-refractivity contribution in [2.24, 2.45) is 0 Å². The fraction of sp³-hybridized carbons (Fsp3) is 0.339. The predicted molar refractivity (Wildman–Crippen MR) is 282 cm³/mol. The van der Waals surface area contributed by atoms with Gasteiger partial charge in [-0.3, -0.25) is 4.90 Å². The lowest BCUT2D eigenvalue weighted by Gasteiger charge is -2.24. The van der Waals surface area contributed by atoms with Crippen molar-refractivity contribution in [2.45, 2.75) is 40.2 Å².